The molecule has 166 valence electrons. The molecule has 1 aliphatic rings. The van der Waals surface area contributed by atoms with Crippen molar-refractivity contribution in [2.45, 2.75) is 13.0 Å². The van der Waals surface area contributed by atoms with Crippen LogP contribution in [0.4, 0.5) is 5.69 Å². The number of aryl methyl sites for hydroxylation is 1. The summed E-state index contributed by atoms with van der Waals surface area (Å²) in [5, 5.41) is 7.92. The largest absolute Gasteiger partial charge is 0.379 e. The lowest BCUT2D eigenvalue weighted by atomic mass is 10.0. The van der Waals surface area contributed by atoms with E-state index in [2.05, 4.69) is 46.7 Å². The molecule has 0 unspecified atom stereocenters. The van der Waals surface area contributed by atoms with E-state index in [1.165, 1.54) is 16.9 Å². The van der Waals surface area contributed by atoms with Crippen molar-refractivity contribution in [3.8, 4) is 0 Å². The first-order valence-electron chi connectivity index (χ1n) is 10.7. The maximum absolute atomic E-state index is 13.1. The minimum absolute atomic E-state index is 0.148. The van der Waals surface area contributed by atoms with Gasteiger partial charge < -0.3 is 15.4 Å². The average Bonchev–Trinajstić information content (AvgIpc) is 3.35. The number of nitrogens with zero attached hydrogens (tertiary/aromatic N) is 1. The molecule has 2 amide bonds. The van der Waals surface area contributed by atoms with Crippen LogP contribution in [0, 0.1) is 6.92 Å². The number of rotatable bonds is 7. The molecule has 6 nitrogen and oxygen atoms in total. The number of nitrogens with one attached hydrogen (secondary N) is 2. The predicted octanol–water partition coefficient (Wildman–Crippen LogP) is 4.11. The third-order valence-corrected chi connectivity index (χ3v) is 6.33. The van der Waals surface area contributed by atoms with Gasteiger partial charge in [0.2, 0.25) is 0 Å². The van der Waals surface area contributed by atoms with Crippen LogP contribution in [0.2, 0.25) is 0 Å². The minimum Gasteiger partial charge on any atom is -0.379 e. The highest BCUT2D eigenvalue weighted by Gasteiger charge is 2.21. The summed E-state index contributed by atoms with van der Waals surface area (Å²) in [5.41, 5.74) is 3.35. The van der Waals surface area contributed by atoms with E-state index in [0.29, 0.717) is 35.9 Å². The van der Waals surface area contributed by atoms with Crippen molar-refractivity contribution >= 4 is 28.8 Å². The predicted molar refractivity (Wildman–Crippen MR) is 127 cm³/mol. The second-order valence-corrected chi connectivity index (χ2v) is 8.81. The monoisotopic (exact) mass is 449 g/mol. The Morgan fingerprint density at radius 3 is 2.53 bits per heavy atom. The van der Waals surface area contributed by atoms with Gasteiger partial charge in [-0.25, -0.2) is 0 Å². The van der Waals surface area contributed by atoms with Crippen molar-refractivity contribution in [3.05, 3.63) is 87.6 Å². The molecule has 0 saturated carbocycles. The van der Waals surface area contributed by atoms with Gasteiger partial charge in [0.15, 0.2) is 0 Å². The quantitative estimate of drug-likeness (QED) is 0.570. The normalized spacial score (nSPS) is 15.2. The van der Waals surface area contributed by atoms with E-state index in [0.717, 1.165) is 18.7 Å². The van der Waals surface area contributed by atoms with Gasteiger partial charge in [0.25, 0.3) is 11.8 Å². The summed E-state index contributed by atoms with van der Waals surface area (Å²) in [5.74, 6) is -0.349. The van der Waals surface area contributed by atoms with Gasteiger partial charge in [0.05, 0.1) is 24.1 Å². The van der Waals surface area contributed by atoms with Crippen LogP contribution >= 0.6 is 11.3 Å². The Morgan fingerprint density at radius 1 is 1.03 bits per heavy atom. The molecule has 1 aromatic heterocycles. The fourth-order valence-corrected chi connectivity index (χ4v) is 4.27. The first-order chi connectivity index (χ1) is 15.6. The zero-order valence-electron chi connectivity index (χ0n) is 18.0. The van der Waals surface area contributed by atoms with Gasteiger partial charge in [0.1, 0.15) is 0 Å². The lowest BCUT2D eigenvalue weighted by Gasteiger charge is -2.31. The van der Waals surface area contributed by atoms with E-state index < -0.39 is 0 Å². The van der Waals surface area contributed by atoms with Crippen LogP contribution in [0.1, 0.15) is 37.2 Å². The molecule has 4 rings (SSSR count). The van der Waals surface area contributed by atoms with Crippen LogP contribution < -0.4 is 10.6 Å². The molecule has 1 aliphatic heterocycles. The summed E-state index contributed by atoms with van der Waals surface area (Å²) in [7, 11) is 0. The van der Waals surface area contributed by atoms with Crippen molar-refractivity contribution in [1.29, 1.82) is 0 Å². The molecule has 0 bridgehead atoms. The van der Waals surface area contributed by atoms with Crippen LogP contribution in [-0.4, -0.2) is 49.6 Å². The average molecular weight is 450 g/mol. The summed E-state index contributed by atoms with van der Waals surface area (Å²) in [6.45, 7) is 5.88. The molecular formula is C25H27N3O3S. The molecule has 2 aromatic carbocycles. The third kappa shape index (κ3) is 5.82. The zero-order chi connectivity index (χ0) is 22.3. The Labute approximate surface area is 192 Å². The number of morpholine rings is 1. The highest BCUT2D eigenvalue weighted by Crippen LogP contribution is 2.19. The van der Waals surface area contributed by atoms with Crippen molar-refractivity contribution < 1.29 is 14.3 Å². The van der Waals surface area contributed by atoms with Crippen molar-refractivity contribution in [2.75, 3.05) is 38.2 Å². The molecule has 32 heavy (non-hydrogen) atoms. The van der Waals surface area contributed by atoms with Gasteiger partial charge in [-0.3, -0.25) is 14.5 Å². The number of amides is 2. The lowest BCUT2D eigenvalue weighted by molar-refractivity contribution is 0.0332. The van der Waals surface area contributed by atoms with E-state index in [1.807, 2.05) is 11.4 Å². The van der Waals surface area contributed by atoms with E-state index in [1.54, 1.807) is 30.3 Å². The van der Waals surface area contributed by atoms with Gasteiger partial charge in [0, 0.05) is 30.9 Å². The van der Waals surface area contributed by atoms with Crippen molar-refractivity contribution in [2.24, 2.45) is 0 Å². The fraction of sp³-hybridized carbons (Fsp3) is 0.280. The maximum atomic E-state index is 13.1. The smallest absolute Gasteiger partial charge is 0.265 e. The SMILES string of the molecule is Cc1ccc([C@@H](CN2CCOCC2)NC(=O)c2cccc(NC(=O)c3cccs3)c2)cc1. The number of carbonyl (C=O) groups is 2. The Balaban J connectivity index is 1.48. The number of hydrogen-bond donors (Lipinski definition) is 2. The van der Waals surface area contributed by atoms with Crippen LogP contribution in [0.15, 0.2) is 66.0 Å². The Bertz CT molecular complexity index is 1040. The lowest BCUT2D eigenvalue weighted by Crippen LogP contribution is -2.43. The van der Waals surface area contributed by atoms with Gasteiger partial charge in [-0.2, -0.15) is 0 Å². The highest BCUT2D eigenvalue weighted by molar-refractivity contribution is 7.12. The van der Waals surface area contributed by atoms with Crippen LogP contribution in [0.3, 0.4) is 0 Å². The molecular weight excluding hydrogens is 422 g/mol. The fourth-order valence-electron chi connectivity index (χ4n) is 3.66. The second kappa shape index (κ2) is 10.5. The maximum Gasteiger partial charge on any atom is 0.265 e. The number of thiophene rings is 1. The molecule has 0 aliphatic carbocycles. The Morgan fingerprint density at radius 2 is 1.81 bits per heavy atom. The van der Waals surface area contributed by atoms with Gasteiger partial charge in [-0.1, -0.05) is 42.0 Å². The summed E-state index contributed by atoms with van der Waals surface area (Å²) in [4.78, 5) is 28.4. The van der Waals surface area contributed by atoms with Crippen molar-refractivity contribution in [1.82, 2.24) is 10.2 Å². The van der Waals surface area contributed by atoms with Crippen LogP contribution in [0.25, 0.3) is 0 Å². The summed E-state index contributed by atoms with van der Waals surface area (Å²) >= 11 is 1.38. The van der Waals surface area contributed by atoms with Gasteiger partial charge in [-0.05, 0) is 42.1 Å². The minimum atomic E-state index is -0.178. The number of hydrogen-bond acceptors (Lipinski definition) is 5. The molecule has 0 radical (unpaired) electrons. The van der Waals surface area contributed by atoms with Crippen LogP contribution in [0.5, 0.6) is 0 Å². The molecule has 3 aromatic rings. The van der Waals surface area contributed by atoms with E-state index in [-0.39, 0.29) is 17.9 Å². The number of benzene rings is 2. The van der Waals surface area contributed by atoms with E-state index in [9.17, 15) is 9.59 Å². The third-order valence-electron chi connectivity index (χ3n) is 5.46. The Hall–Kier alpha value is -3.00. The number of ether oxygens (including phenoxy) is 1. The molecule has 1 atom stereocenters. The topological polar surface area (TPSA) is 70.7 Å². The standard InChI is InChI=1S/C25H27N3O3S/c1-18-7-9-19(10-8-18)22(17-28-11-13-31-14-12-28)27-24(29)20-4-2-5-21(16-20)26-25(30)23-6-3-15-32-23/h2-10,15-16,22H,11-14,17H2,1H3,(H,26,30)(H,27,29)/t22-/m1/s1. The van der Waals surface area contributed by atoms with Crippen LogP contribution in [-0.2, 0) is 4.74 Å². The van der Waals surface area contributed by atoms with E-state index >= 15 is 0 Å². The molecule has 1 fully saturated rings. The zero-order valence-corrected chi connectivity index (χ0v) is 18.9. The summed E-state index contributed by atoms with van der Waals surface area (Å²) < 4.78 is 5.46. The van der Waals surface area contributed by atoms with Crippen molar-refractivity contribution in [3.63, 3.8) is 0 Å². The summed E-state index contributed by atoms with van der Waals surface area (Å²) in [6.07, 6.45) is 0. The molecule has 7 heteroatoms. The van der Waals surface area contributed by atoms with Gasteiger partial charge in [-0.15, -0.1) is 11.3 Å². The molecule has 2 heterocycles. The number of carbonyl (C=O) groups excluding carboxylic acids is 2. The molecule has 2 N–H and O–H groups in total. The summed E-state index contributed by atoms with van der Waals surface area (Å²) in [6, 6.07) is 18.8. The molecule has 0 spiro atoms. The first kappa shape index (κ1) is 22.2. The molecule has 1 saturated heterocycles. The first-order valence-corrected chi connectivity index (χ1v) is 11.6. The number of anilines is 1. The Kier molecular flexibility index (Phi) is 7.32. The second-order valence-electron chi connectivity index (χ2n) is 7.86. The highest BCUT2D eigenvalue weighted by atomic mass is 32.1. The van der Waals surface area contributed by atoms with Gasteiger partial charge >= 0.3 is 0 Å². The van der Waals surface area contributed by atoms with E-state index in [4.69, 9.17) is 4.74 Å².